The molecule has 3 heteroatoms. The van der Waals surface area contributed by atoms with E-state index in [1.54, 1.807) is 0 Å². The van der Waals surface area contributed by atoms with Crippen molar-refractivity contribution in [3.8, 4) is 11.5 Å². The van der Waals surface area contributed by atoms with Gasteiger partial charge in [-0.05, 0) is 24.5 Å². The molecule has 0 amide bonds. The lowest BCUT2D eigenvalue weighted by Gasteiger charge is -2.18. The van der Waals surface area contributed by atoms with Crippen molar-refractivity contribution in [3.63, 3.8) is 0 Å². The minimum atomic E-state index is 0.0374. The molecule has 0 aliphatic carbocycles. The van der Waals surface area contributed by atoms with E-state index in [9.17, 15) is 0 Å². The standard InChI is InChI=1S/C10H12O2S/c1-13(2)8-3-4-9-10(7-8)12-6-5-11-9/h3-4,7H,1,5-6H2,2H3. The molecule has 0 radical (unpaired) electrons. The van der Waals surface area contributed by atoms with Crippen molar-refractivity contribution in [3.05, 3.63) is 18.2 Å². The average molecular weight is 196 g/mol. The van der Waals surface area contributed by atoms with Crippen molar-refractivity contribution >= 4 is 16.4 Å². The summed E-state index contributed by atoms with van der Waals surface area (Å²) >= 11 is 0. The van der Waals surface area contributed by atoms with Gasteiger partial charge in [-0.15, -0.1) is 0 Å². The lowest BCUT2D eigenvalue weighted by atomic mass is 10.3. The molecule has 2 rings (SSSR count). The van der Waals surface area contributed by atoms with Gasteiger partial charge in [-0.3, -0.25) is 0 Å². The Morgan fingerprint density at radius 3 is 2.62 bits per heavy atom. The highest BCUT2D eigenvalue weighted by molar-refractivity contribution is 8.13. The Hall–Kier alpha value is -0.960. The van der Waals surface area contributed by atoms with E-state index >= 15 is 0 Å². The van der Waals surface area contributed by atoms with Gasteiger partial charge in [0.15, 0.2) is 11.5 Å². The molecule has 13 heavy (non-hydrogen) atoms. The van der Waals surface area contributed by atoms with Crippen LogP contribution in [0.4, 0.5) is 0 Å². The van der Waals surface area contributed by atoms with Crippen LogP contribution >= 0.6 is 10.5 Å². The molecule has 0 aromatic heterocycles. The van der Waals surface area contributed by atoms with Crippen molar-refractivity contribution in [2.75, 3.05) is 19.5 Å². The van der Waals surface area contributed by atoms with E-state index in [0.29, 0.717) is 13.2 Å². The van der Waals surface area contributed by atoms with Crippen molar-refractivity contribution in [2.45, 2.75) is 4.90 Å². The minimum Gasteiger partial charge on any atom is -0.486 e. The predicted molar refractivity (Wildman–Crippen MR) is 56.3 cm³/mol. The molecule has 0 saturated carbocycles. The van der Waals surface area contributed by atoms with Crippen LogP contribution in [0.15, 0.2) is 23.1 Å². The van der Waals surface area contributed by atoms with Crippen molar-refractivity contribution in [1.82, 2.24) is 0 Å². The van der Waals surface area contributed by atoms with Gasteiger partial charge in [0.05, 0.1) is 0 Å². The first-order valence-electron chi connectivity index (χ1n) is 4.12. The zero-order valence-electron chi connectivity index (χ0n) is 7.58. The molecule has 1 aliphatic rings. The van der Waals surface area contributed by atoms with Gasteiger partial charge in [0.25, 0.3) is 0 Å². The van der Waals surface area contributed by atoms with Crippen molar-refractivity contribution < 1.29 is 9.47 Å². The van der Waals surface area contributed by atoms with Crippen LogP contribution in [0.25, 0.3) is 0 Å². The van der Waals surface area contributed by atoms with Gasteiger partial charge in [-0.25, -0.2) is 0 Å². The molecule has 1 heterocycles. The molecule has 1 aromatic rings. The maximum atomic E-state index is 5.47. The van der Waals surface area contributed by atoms with Crippen LogP contribution in [0.3, 0.4) is 0 Å². The first kappa shape index (κ1) is 8.63. The Morgan fingerprint density at radius 2 is 1.92 bits per heavy atom. The normalized spacial score (nSPS) is 16.7. The number of hydrogen-bond donors (Lipinski definition) is 0. The highest BCUT2D eigenvalue weighted by atomic mass is 32.2. The second-order valence-corrected chi connectivity index (χ2v) is 4.69. The molecule has 1 atom stereocenters. The second-order valence-electron chi connectivity index (χ2n) is 2.94. The molecular formula is C10H12O2S. The topological polar surface area (TPSA) is 18.5 Å². The fourth-order valence-corrected chi connectivity index (χ4v) is 1.85. The number of fused-ring (bicyclic) bond motifs is 1. The Kier molecular flexibility index (Phi) is 2.27. The molecule has 1 aliphatic heterocycles. The summed E-state index contributed by atoms with van der Waals surface area (Å²) in [4.78, 5) is 1.21. The lowest BCUT2D eigenvalue weighted by Crippen LogP contribution is -2.15. The molecule has 0 N–H and O–H groups in total. The number of hydrogen-bond acceptors (Lipinski definition) is 2. The first-order chi connectivity index (χ1) is 6.27. The lowest BCUT2D eigenvalue weighted by molar-refractivity contribution is 0.171. The van der Waals surface area contributed by atoms with Gasteiger partial charge in [0.2, 0.25) is 0 Å². The summed E-state index contributed by atoms with van der Waals surface area (Å²) in [6.45, 7) is 1.29. The van der Waals surface area contributed by atoms with Crippen LogP contribution in [0, 0.1) is 0 Å². The summed E-state index contributed by atoms with van der Waals surface area (Å²) in [5, 5.41) is 0. The Labute approximate surface area is 80.4 Å². The van der Waals surface area contributed by atoms with Crippen LogP contribution in [0.1, 0.15) is 0 Å². The van der Waals surface area contributed by atoms with E-state index in [0.717, 1.165) is 11.5 Å². The van der Waals surface area contributed by atoms with Crippen LogP contribution < -0.4 is 9.47 Å². The molecule has 0 spiro atoms. The third kappa shape index (κ3) is 1.70. The van der Waals surface area contributed by atoms with Crippen LogP contribution in [-0.4, -0.2) is 25.3 Å². The smallest absolute Gasteiger partial charge is 0.162 e. The van der Waals surface area contributed by atoms with Gasteiger partial charge in [0.1, 0.15) is 13.2 Å². The van der Waals surface area contributed by atoms with Gasteiger partial charge < -0.3 is 9.47 Å². The maximum absolute atomic E-state index is 5.47. The van der Waals surface area contributed by atoms with Gasteiger partial charge in [-0.1, -0.05) is 5.87 Å². The van der Waals surface area contributed by atoms with Crippen LogP contribution in [0.5, 0.6) is 11.5 Å². The van der Waals surface area contributed by atoms with Crippen molar-refractivity contribution in [1.29, 1.82) is 0 Å². The number of benzene rings is 1. The third-order valence-electron chi connectivity index (χ3n) is 1.92. The molecule has 0 fully saturated rings. The first-order valence-corrected chi connectivity index (χ1v) is 5.93. The minimum absolute atomic E-state index is 0.0374. The Balaban J connectivity index is 2.40. The van der Waals surface area contributed by atoms with Gasteiger partial charge in [-0.2, -0.15) is 10.5 Å². The SMILES string of the molecule is C=S(C)c1ccc2c(c1)OCCO2. The molecule has 70 valence electrons. The zero-order chi connectivity index (χ0) is 9.26. The van der Waals surface area contributed by atoms with Crippen LogP contribution in [-0.2, 0) is 0 Å². The van der Waals surface area contributed by atoms with E-state index in [1.807, 2.05) is 18.2 Å². The summed E-state index contributed by atoms with van der Waals surface area (Å²) in [5.74, 6) is 5.69. The summed E-state index contributed by atoms with van der Waals surface area (Å²) < 4.78 is 10.9. The fraction of sp³-hybridized carbons (Fsp3) is 0.300. The molecular weight excluding hydrogens is 184 g/mol. The quantitative estimate of drug-likeness (QED) is 0.641. The molecule has 0 bridgehead atoms. The highest BCUT2D eigenvalue weighted by Crippen LogP contribution is 2.34. The van der Waals surface area contributed by atoms with Gasteiger partial charge in [0, 0.05) is 4.90 Å². The molecule has 2 nitrogen and oxygen atoms in total. The number of ether oxygens (including phenoxy) is 2. The zero-order valence-corrected chi connectivity index (χ0v) is 8.39. The van der Waals surface area contributed by atoms with Crippen LogP contribution in [0.2, 0.25) is 0 Å². The average Bonchev–Trinajstić information content (AvgIpc) is 2.17. The highest BCUT2D eigenvalue weighted by Gasteiger charge is 2.11. The summed E-state index contributed by atoms with van der Waals surface area (Å²) in [7, 11) is 0.0374. The maximum Gasteiger partial charge on any atom is 0.162 e. The molecule has 1 aromatic carbocycles. The fourth-order valence-electron chi connectivity index (χ4n) is 1.24. The van der Waals surface area contributed by atoms with E-state index < -0.39 is 0 Å². The summed E-state index contributed by atoms with van der Waals surface area (Å²) in [5.41, 5.74) is 0. The van der Waals surface area contributed by atoms with Crippen molar-refractivity contribution in [2.24, 2.45) is 0 Å². The van der Waals surface area contributed by atoms with E-state index in [1.165, 1.54) is 4.90 Å². The summed E-state index contributed by atoms with van der Waals surface area (Å²) in [6.07, 6.45) is 2.09. The summed E-state index contributed by atoms with van der Waals surface area (Å²) in [6, 6.07) is 6.02. The van der Waals surface area contributed by atoms with E-state index in [-0.39, 0.29) is 10.5 Å². The third-order valence-corrected chi connectivity index (χ3v) is 2.97. The van der Waals surface area contributed by atoms with E-state index in [4.69, 9.17) is 9.47 Å². The number of rotatable bonds is 1. The van der Waals surface area contributed by atoms with E-state index in [2.05, 4.69) is 12.1 Å². The largest absolute Gasteiger partial charge is 0.486 e. The van der Waals surface area contributed by atoms with Gasteiger partial charge >= 0.3 is 0 Å². The Morgan fingerprint density at radius 1 is 1.23 bits per heavy atom. The predicted octanol–water partition coefficient (Wildman–Crippen LogP) is 2.15. The Bertz CT molecular complexity index is 347. The monoisotopic (exact) mass is 196 g/mol. The molecule has 0 saturated heterocycles. The second kappa shape index (κ2) is 3.42. The molecule has 1 unspecified atom stereocenters.